The number of fused-ring (bicyclic) bond motifs is 1. The van der Waals surface area contributed by atoms with Crippen molar-refractivity contribution in [2.75, 3.05) is 16.8 Å². The molecular weight excluding hydrogens is 370 g/mol. The molecule has 8 nitrogen and oxygen atoms in total. The quantitative estimate of drug-likeness (QED) is 0.811. The van der Waals surface area contributed by atoms with Crippen molar-refractivity contribution in [3.05, 3.63) is 59.2 Å². The molecule has 2 heterocycles. The summed E-state index contributed by atoms with van der Waals surface area (Å²) in [6.07, 6.45) is 0. The SMILES string of the molecule is Cc1ccc(N2C(=O)[C@H]3N=NN(CC(=O)Nc4ccc(C)cc4C)[C@H]3C2=O)cc1. The minimum Gasteiger partial charge on any atom is -0.324 e. The number of carbonyl (C=O) groups is 3. The molecule has 3 amide bonds. The van der Waals surface area contributed by atoms with Crippen LogP contribution in [0.1, 0.15) is 16.7 Å². The highest BCUT2D eigenvalue weighted by Crippen LogP contribution is 2.31. The molecule has 0 bridgehead atoms. The molecule has 148 valence electrons. The van der Waals surface area contributed by atoms with E-state index in [0.717, 1.165) is 21.6 Å². The number of aryl methyl sites for hydroxylation is 3. The van der Waals surface area contributed by atoms with Gasteiger partial charge in [-0.15, -0.1) is 0 Å². The maximum atomic E-state index is 12.9. The van der Waals surface area contributed by atoms with Gasteiger partial charge in [-0.1, -0.05) is 40.6 Å². The molecule has 2 aromatic carbocycles. The molecule has 0 unspecified atom stereocenters. The van der Waals surface area contributed by atoms with Crippen LogP contribution in [0.2, 0.25) is 0 Å². The normalized spacial score (nSPS) is 20.4. The van der Waals surface area contributed by atoms with Crippen molar-refractivity contribution < 1.29 is 14.4 Å². The monoisotopic (exact) mass is 391 g/mol. The molecule has 0 aromatic heterocycles. The lowest BCUT2D eigenvalue weighted by atomic mass is 10.1. The zero-order valence-electron chi connectivity index (χ0n) is 16.4. The Morgan fingerprint density at radius 1 is 1.00 bits per heavy atom. The van der Waals surface area contributed by atoms with Crippen molar-refractivity contribution in [1.82, 2.24) is 5.01 Å². The highest BCUT2D eigenvalue weighted by atomic mass is 16.2. The Morgan fingerprint density at radius 3 is 2.38 bits per heavy atom. The van der Waals surface area contributed by atoms with Gasteiger partial charge in [0, 0.05) is 5.69 Å². The van der Waals surface area contributed by atoms with E-state index in [1.807, 2.05) is 51.1 Å². The summed E-state index contributed by atoms with van der Waals surface area (Å²) in [5.74, 6) is -1.18. The molecule has 2 aromatic rings. The van der Waals surface area contributed by atoms with E-state index < -0.39 is 23.9 Å². The summed E-state index contributed by atoms with van der Waals surface area (Å²) in [5, 5.41) is 12.0. The summed E-state index contributed by atoms with van der Waals surface area (Å²) in [6.45, 7) is 5.65. The van der Waals surface area contributed by atoms with Crippen LogP contribution in [-0.2, 0) is 14.4 Å². The number of hydrogen-bond donors (Lipinski definition) is 1. The fourth-order valence-electron chi connectivity index (χ4n) is 3.59. The first-order chi connectivity index (χ1) is 13.8. The predicted molar refractivity (Wildman–Crippen MR) is 107 cm³/mol. The van der Waals surface area contributed by atoms with Crippen LogP contribution in [0.4, 0.5) is 11.4 Å². The lowest BCUT2D eigenvalue weighted by molar-refractivity contribution is -0.123. The second kappa shape index (κ2) is 7.12. The molecule has 2 aliphatic rings. The second-order valence-corrected chi connectivity index (χ2v) is 7.41. The molecule has 0 spiro atoms. The number of nitrogens with one attached hydrogen (secondary N) is 1. The molecule has 4 rings (SSSR count). The van der Waals surface area contributed by atoms with E-state index in [0.29, 0.717) is 11.4 Å². The molecule has 29 heavy (non-hydrogen) atoms. The van der Waals surface area contributed by atoms with Crippen LogP contribution in [0.25, 0.3) is 0 Å². The number of benzene rings is 2. The molecule has 2 atom stereocenters. The Hall–Kier alpha value is -3.55. The highest BCUT2D eigenvalue weighted by Gasteiger charge is 2.55. The van der Waals surface area contributed by atoms with Gasteiger partial charge in [-0.25, -0.2) is 4.90 Å². The highest BCUT2D eigenvalue weighted by molar-refractivity contribution is 6.25. The summed E-state index contributed by atoms with van der Waals surface area (Å²) in [6, 6.07) is 11.0. The van der Waals surface area contributed by atoms with Gasteiger partial charge >= 0.3 is 0 Å². The van der Waals surface area contributed by atoms with Crippen LogP contribution >= 0.6 is 0 Å². The zero-order chi connectivity index (χ0) is 20.7. The first kappa shape index (κ1) is 18.8. The average Bonchev–Trinajstić information content (AvgIpc) is 3.19. The van der Waals surface area contributed by atoms with Crippen LogP contribution in [0, 0.1) is 20.8 Å². The van der Waals surface area contributed by atoms with Gasteiger partial charge in [0.25, 0.3) is 11.8 Å². The molecule has 0 aliphatic carbocycles. The molecule has 0 saturated carbocycles. The fraction of sp³-hybridized carbons (Fsp3) is 0.286. The molecular formula is C21H21N5O3. The molecule has 0 radical (unpaired) electrons. The van der Waals surface area contributed by atoms with Gasteiger partial charge in [0.15, 0.2) is 12.1 Å². The van der Waals surface area contributed by atoms with Crippen molar-refractivity contribution in [3.8, 4) is 0 Å². The standard InChI is InChI=1S/C21H21N5O3/c1-12-4-7-15(8-5-12)26-20(28)18-19(21(26)29)25(24-23-18)11-17(27)22-16-9-6-13(2)10-14(16)3/h4-10,18-19H,11H2,1-3H3,(H,22,27)/t18-,19+/m0/s1. The second-order valence-electron chi connectivity index (χ2n) is 7.41. The molecule has 2 aliphatic heterocycles. The largest absolute Gasteiger partial charge is 0.324 e. The van der Waals surface area contributed by atoms with Crippen LogP contribution < -0.4 is 10.2 Å². The Morgan fingerprint density at radius 2 is 1.69 bits per heavy atom. The Bertz CT molecular complexity index is 1030. The van der Waals surface area contributed by atoms with Gasteiger partial charge in [-0.2, -0.15) is 5.11 Å². The third kappa shape index (κ3) is 3.37. The maximum absolute atomic E-state index is 12.9. The first-order valence-electron chi connectivity index (χ1n) is 9.34. The van der Waals surface area contributed by atoms with E-state index in [4.69, 9.17) is 0 Å². The van der Waals surface area contributed by atoms with Gasteiger partial charge < -0.3 is 5.32 Å². The van der Waals surface area contributed by atoms with E-state index in [-0.39, 0.29) is 12.5 Å². The summed E-state index contributed by atoms with van der Waals surface area (Å²) in [4.78, 5) is 39.3. The summed E-state index contributed by atoms with van der Waals surface area (Å²) < 4.78 is 0. The van der Waals surface area contributed by atoms with Gasteiger partial charge in [0.1, 0.15) is 6.54 Å². The number of imide groups is 1. The molecule has 1 fully saturated rings. The lowest BCUT2D eigenvalue weighted by Crippen LogP contribution is -2.43. The van der Waals surface area contributed by atoms with Gasteiger partial charge in [0.2, 0.25) is 5.91 Å². The summed E-state index contributed by atoms with van der Waals surface area (Å²) >= 11 is 0. The van der Waals surface area contributed by atoms with Crippen LogP contribution in [0.3, 0.4) is 0 Å². The van der Waals surface area contributed by atoms with Gasteiger partial charge in [0.05, 0.1) is 5.69 Å². The average molecular weight is 391 g/mol. The Kier molecular flexibility index (Phi) is 4.62. The summed E-state index contributed by atoms with van der Waals surface area (Å²) in [7, 11) is 0. The predicted octanol–water partition coefficient (Wildman–Crippen LogP) is 2.54. The third-order valence-corrected chi connectivity index (χ3v) is 5.11. The maximum Gasteiger partial charge on any atom is 0.263 e. The van der Waals surface area contributed by atoms with Crippen molar-refractivity contribution in [2.24, 2.45) is 10.3 Å². The molecule has 1 saturated heterocycles. The Labute approximate surface area is 168 Å². The smallest absolute Gasteiger partial charge is 0.263 e. The minimum atomic E-state index is -0.919. The number of nitrogens with zero attached hydrogens (tertiary/aromatic N) is 4. The number of amides is 3. The number of hydrogen-bond acceptors (Lipinski definition) is 6. The zero-order valence-corrected chi connectivity index (χ0v) is 16.4. The minimum absolute atomic E-state index is 0.168. The molecule has 1 N–H and O–H groups in total. The van der Waals surface area contributed by atoms with E-state index in [1.54, 1.807) is 12.1 Å². The van der Waals surface area contributed by atoms with Gasteiger partial charge in [-0.05, 0) is 44.5 Å². The van der Waals surface area contributed by atoms with Crippen LogP contribution in [0.15, 0.2) is 52.8 Å². The fourth-order valence-corrected chi connectivity index (χ4v) is 3.59. The van der Waals surface area contributed by atoms with E-state index in [1.165, 1.54) is 5.01 Å². The van der Waals surface area contributed by atoms with Crippen molar-refractivity contribution in [1.29, 1.82) is 0 Å². The van der Waals surface area contributed by atoms with Crippen LogP contribution in [0.5, 0.6) is 0 Å². The van der Waals surface area contributed by atoms with E-state index in [2.05, 4.69) is 15.7 Å². The van der Waals surface area contributed by atoms with Gasteiger partial charge in [-0.3, -0.25) is 19.4 Å². The van der Waals surface area contributed by atoms with Crippen molar-refractivity contribution in [2.45, 2.75) is 32.9 Å². The first-order valence-corrected chi connectivity index (χ1v) is 9.34. The van der Waals surface area contributed by atoms with Crippen LogP contribution in [-0.4, -0.2) is 41.4 Å². The van der Waals surface area contributed by atoms with Crippen molar-refractivity contribution >= 4 is 29.1 Å². The third-order valence-electron chi connectivity index (χ3n) is 5.11. The van der Waals surface area contributed by atoms with E-state index in [9.17, 15) is 14.4 Å². The summed E-state index contributed by atoms with van der Waals surface area (Å²) in [5.41, 5.74) is 4.26. The number of rotatable bonds is 4. The Balaban J connectivity index is 1.49. The lowest BCUT2D eigenvalue weighted by Gasteiger charge is -2.20. The van der Waals surface area contributed by atoms with E-state index >= 15 is 0 Å². The van der Waals surface area contributed by atoms with Crippen molar-refractivity contribution in [3.63, 3.8) is 0 Å². The number of anilines is 2. The molecule has 8 heteroatoms. The topological polar surface area (TPSA) is 94.4 Å². The number of carbonyl (C=O) groups excluding carboxylic acids is 3.